The van der Waals surface area contributed by atoms with Crippen LogP contribution in [0.4, 0.5) is 0 Å². The van der Waals surface area contributed by atoms with Gasteiger partial charge in [-0.1, -0.05) is 0 Å². The number of hydrogen-bond donors (Lipinski definition) is 0. The molecule has 0 saturated heterocycles. The predicted octanol–water partition coefficient (Wildman–Crippen LogP) is 1.06. The van der Waals surface area contributed by atoms with Gasteiger partial charge in [0.2, 0.25) is 0 Å². The summed E-state index contributed by atoms with van der Waals surface area (Å²) in [6.45, 7) is 4.96. The fourth-order valence-electron chi connectivity index (χ4n) is 0.576. The van der Waals surface area contributed by atoms with E-state index in [1.807, 2.05) is 0 Å². The van der Waals surface area contributed by atoms with E-state index < -0.39 is 0 Å². The van der Waals surface area contributed by atoms with Gasteiger partial charge in [0, 0.05) is 13.8 Å². The van der Waals surface area contributed by atoms with Crippen LogP contribution in [-0.4, -0.2) is 25.2 Å². The number of hydrogen-bond acceptors (Lipinski definition) is 4. The Morgan fingerprint density at radius 2 is 1.62 bits per heavy atom. The van der Waals surface area contributed by atoms with E-state index in [-0.39, 0.29) is 25.2 Å². The Hall–Kier alpha value is -1.32. The van der Waals surface area contributed by atoms with Crippen LogP contribution in [0.5, 0.6) is 0 Å². The lowest BCUT2D eigenvalue weighted by Gasteiger charge is -2.02. The molecule has 4 heteroatoms. The normalized spacial score (nSPS) is 10.8. The molecule has 0 N–H and O–H groups in total. The van der Waals surface area contributed by atoms with Crippen molar-refractivity contribution in [2.24, 2.45) is 0 Å². The minimum Gasteiger partial charge on any atom is -0.462 e. The van der Waals surface area contributed by atoms with Crippen molar-refractivity contribution in [2.45, 2.75) is 20.8 Å². The SMILES string of the molecule is CC(=O)OC/C=C(\C)COC(C)=O. The lowest BCUT2D eigenvalue weighted by molar-refractivity contribution is -0.141. The minimum absolute atomic E-state index is 0.225. The zero-order valence-corrected chi connectivity index (χ0v) is 8.12. The molecule has 0 radical (unpaired) electrons. The van der Waals surface area contributed by atoms with Crippen LogP contribution in [-0.2, 0) is 19.1 Å². The molecule has 0 spiro atoms. The molecule has 13 heavy (non-hydrogen) atoms. The molecule has 0 saturated carbocycles. The van der Waals surface area contributed by atoms with Crippen LogP contribution in [0.2, 0.25) is 0 Å². The molecule has 0 rings (SSSR count). The summed E-state index contributed by atoms with van der Waals surface area (Å²) in [5.41, 5.74) is 0.858. The fraction of sp³-hybridized carbons (Fsp3) is 0.556. The molecular formula is C9H14O4. The second kappa shape index (κ2) is 6.22. The van der Waals surface area contributed by atoms with Gasteiger partial charge in [-0.25, -0.2) is 0 Å². The Kier molecular flexibility index (Phi) is 5.59. The van der Waals surface area contributed by atoms with Gasteiger partial charge in [-0.3, -0.25) is 9.59 Å². The summed E-state index contributed by atoms with van der Waals surface area (Å²) < 4.78 is 9.38. The summed E-state index contributed by atoms with van der Waals surface area (Å²) in [6, 6.07) is 0. The molecule has 0 aliphatic rings. The fourth-order valence-corrected chi connectivity index (χ4v) is 0.576. The van der Waals surface area contributed by atoms with Gasteiger partial charge in [-0.05, 0) is 18.6 Å². The van der Waals surface area contributed by atoms with E-state index in [0.29, 0.717) is 0 Å². The number of rotatable bonds is 4. The quantitative estimate of drug-likeness (QED) is 0.486. The van der Waals surface area contributed by atoms with E-state index in [2.05, 4.69) is 4.74 Å². The molecule has 0 aliphatic carbocycles. The van der Waals surface area contributed by atoms with Crippen molar-refractivity contribution in [1.82, 2.24) is 0 Å². The van der Waals surface area contributed by atoms with Crippen molar-refractivity contribution in [3.8, 4) is 0 Å². The Morgan fingerprint density at radius 3 is 2.08 bits per heavy atom. The van der Waals surface area contributed by atoms with Crippen molar-refractivity contribution < 1.29 is 19.1 Å². The summed E-state index contributed by atoms with van der Waals surface area (Å²) in [6.07, 6.45) is 1.70. The lowest BCUT2D eigenvalue weighted by Crippen LogP contribution is -2.03. The second-order valence-corrected chi connectivity index (χ2v) is 2.63. The highest BCUT2D eigenvalue weighted by molar-refractivity contribution is 5.66. The largest absolute Gasteiger partial charge is 0.462 e. The van der Waals surface area contributed by atoms with Crippen molar-refractivity contribution in [1.29, 1.82) is 0 Å². The van der Waals surface area contributed by atoms with Crippen molar-refractivity contribution in [3.05, 3.63) is 11.6 Å². The van der Waals surface area contributed by atoms with E-state index in [9.17, 15) is 9.59 Å². The summed E-state index contributed by atoms with van der Waals surface area (Å²) in [5.74, 6) is -0.642. The molecule has 0 atom stereocenters. The molecule has 0 heterocycles. The number of carbonyl (C=O) groups excluding carboxylic acids is 2. The molecule has 0 aromatic carbocycles. The molecule has 0 aliphatic heterocycles. The Bertz CT molecular complexity index is 218. The van der Waals surface area contributed by atoms with Crippen molar-refractivity contribution in [3.63, 3.8) is 0 Å². The first-order chi connectivity index (χ1) is 6.02. The van der Waals surface area contributed by atoms with Gasteiger partial charge in [0.1, 0.15) is 13.2 Å². The van der Waals surface area contributed by atoms with E-state index in [0.717, 1.165) is 5.57 Å². The molecule has 0 fully saturated rings. The molecule has 0 unspecified atom stereocenters. The Morgan fingerprint density at radius 1 is 1.08 bits per heavy atom. The van der Waals surface area contributed by atoms with Crippen LogP contribution < -0.4 is 0 Å². The summed E-state index contributed by atoms with van der Waals surface area (Å²) in [5, 5.41) is 0. The van der Waals surface area contributed by atoms with Crippen LogP contribution in [0, 0.1) is 0 Å². The second-order valence-electron chi connectivity index (χ2n) is 2.63. The van der Waals surface area contributed by atoms with Crippen LogP contribution in [0.3, 0.4) is 0 Å². The van der Waals surface area contributed by atoms with Crippen molar-refractivity contribution >= 4 is 11.9 Å². The average Bonchev–Trinajstić information content (AvgIpc) is 2.00. The first-order valence-electron chi connectivity index (χ1n) is 3.94. The maximum Gasteiger partial charge on any atom is 0.302 e. The van der Waals surface area contributed by atoms with Gasteiger partial charge in [0.05, 0.1) is 0 Å². The summed E-state index contributed by atoms with van der Waals surface area (Å²) >= 11 is 0. The third-order valence-corrected chi connectivity index (χ3v) is 1.22. The molecule has 0 bridgehead atoms. The van der Waals surface area contributed by atoms with Gasteiger partial charge in [-0.2, -0.15) is 0 Å². The standard InChI is InChI=1S/C9H14O4/c1-7(6-13-9(3)11)4-5-12-8(2)10/h4H,5-6H2,1-3H3/b7-4+. The highest BCUT2D eigenvalue weighted by atomic mass is 16.5. The molecular weight excluding hydrogens is 172 g/mol. The number of carbonyl (C=O) groups is 2. The van der Waals surface area contributed by atoms with Gasteiger partial charge >= 0.3 is 11.9 Å². The number of esters is 2. The van der Waals surface area contributed by atoms with Gasteiger partial charge in [0.15, 0.2) is 0 Å². The molecule has 4 nitrogen and oxygen atoms in total. The zero-order chi connectivity index (χ0) is 10.3. The van der Waals surface area contributed by atoms with E-state index in [4.69, 9.17) is 4.74 Å². The molecule has 0 amide bonds. The summed E-state index contributed by atoms with van der Waals surface area (Å²) in [7, 11) is 0. The van der Waals surface area contributed by atoms with Gasteiger partial charge in [-0.15, -0.1) is 0 Å². The third kappa shape index (κ3) is 8.59. The molecule has 0 aromatic rings. The first kappa shape index (κ1) is 11.7. The van der Waals surface area contributed by atoms with E-state index >= 15 is 0 Å². The zero-order valence-electron chi connectivity index (χ0n) is 8.12. The van der Waals surface area contributed by atoms with Crippen LogP contribution >= 0.6 is 0 Å². The van der Waals surface area contributed by atoms with E-state index in [1.165, 1.54) is 13.8 Å². The maximum absolute atomic E-state index is 10.4. The Balaban J connectivity index is 3.63. The molecule has 0 aromatic heterocycles. The first-order valence-corrected chi connectivity index (χ1v) is 3.94. The maximum atomic E-state index is 10.4. The third-order valence-electron chi connectivity index (χ3n) is 1.22. The average molecular weight is 186 g/mol. The van der Waals surface area contributed by atoms with Crippen LogP contribution in [0.15, 0.2) is 11.6 Å². The summed E-state index contributed by atoms with van der Waals surface area (Å²) in [4.78, 5) is 20.7. The lowest BCUT2D eigenvalue weighted by atomic mass is 10.3. The monoisotopic (exact) mass is 186 g/mol. The predicted molar refractivity (Wildman–Crippen MR) is 47.0 cm³/mol. The Labute approximate surface area is 77.5 Å². The van der Waals surface area contributed by atoms with Crippen LogP contribution in [0.25, 0.3) is 0 Å². The van der Waals surface area contributed by atoms with Gasteiger partial charge < -0.3 is 9.47 Å². The molecule has 74 valence electrons. The minimum atomic E-state index is -0.323. The van der Waals surface area contributed by atoms with Crippen LogP contribution in [0.1, 0.15) is 20.8 Å². The van der Waals surface area contributed by atoms with Crippen molar-refractivity contribution in [2.75, 3.05) is 13.2 Å². The smallest absolute Gasteiger partial charge is 0.302 e. The number of ether oxygens (including phenoxy) is 2. The highest BCUT2D eigenvalue weighted by Crippen LogP contribution is 1.94. The van der Waals surface area contributed by atoms with E-state index in [1.54, 1.807) is 13.0 Å². The topological polar surface area (TPSA) is 52.6 Å². The van der Waals surface area contributed by atoms with Gasteiger partial charge in [0.25, 0.3) is 0 Å². The highest BCUT2D eigenvalue weighted by Gasteiger charge is 1.94.